The van der Waals surface area contributed by atoms with Gasteiger partial charge in [-0.25, -0.2) is 0 Å². The van der Waals surface area contributed by atoms with Crippen molar-refractivity contribution in [3.8, 4) is 5.69 Å². The van der Waals surface area contributed by atoms with Gasteiger partial charge in [0.1, 0.15) is 0 Å². The Morgan fingerprint density at radius 2 is 1.63 bits per heavy atom. The Morgan fingerprint density at radius 3 is 2.40 bits per heavy atom. The Labute approximate surface area is 210 Å². The Bertz CT molecular complexity index is 1440. The highest BCUT2D eigenvalue weighted by Gasteiger charge is 2.14. The highest BCUT2D eigenvalue weighted by atomic mass is 15.0. The lowest BCUT2D eigenvalue weighted by Gasteiger charge is -2.12. The molecule has 0 amide bonds. The fraction of sp³-hybridized carbons (Fsp3) is 0.176. The maximum absolute atomic E-state index is 4.33. The average molecular weight is 458 g/mol. The number of aromatic nitrogens is 1. The van der Waals surface area contributed by atoms with Gasteiger partial charge in [0.15, 0.2) is 0 Å². The van der Waals surface area contributed by atoms with Gasteiger partial charge in [-0.2, -0.15) is 0 Å². The van der Waals surface area contributed by atoms with Gasteiger partial charge in [0.25, 0.3) is 0 Å². The van der Waals surface area contributed by atoms with Crippen molar-refractivity contribution in [2.75, 3.05) is 0 Å². The highest BCUT2D eigenvalue weighted by Crippen LogP contribution is 2.31. The molecule has 0 radical (unpaired) electrons. The number of benzene rings is 3. The van der Waals surface area contributed by atoms with Crippen LogP contribution in [0.5, 0.6) is 0 Å². The van der Waals surface area contributed by atoms with Crippen molar-refractivity contribution in [1.29, 1.82) is 0 Å². The maximum atomic E-state index is 4.33. The minimum Gasteiger partial charge on any atom is -0.310 e. The van der Waals surface area contributed by atoms with E-state index in [9.17, 15) is 0 Å². The molecule has 0 aliphatic rings. The van der Waals surface area contributed by atoms with E-state index in [-0.39, 0.29) is 0 Å². The van der Waals surface area contributed by atoms with Crippen LogP contribution in [0.4, 0.5) is 0 Å². The number of hydrogen-bond donors (Lipinski definition) is 0. The van der Waals surface area contributed by atoms with Crippen molar-refractivity contribution >= 4 is 28.1 Å². The number of fused-ring (bicyclic) bond motifs is 1. The van der Waals surface area contributed by atoms with E-state index in [1.165, 1.54) is 50.1 Å². The van der Waals surface area contributed by atoms with E-state index in [0.29, 0.717) is 0 Å². The molecule has 1 heterocycles. The van der Waals surface area contributed by atoms with Crippen LogP contribution in [0.15, 0.2) is 104 Å². The molecule has 0 atom stereocenters. The second kappa shape index (κ2) is 11.1. The summed E-state index contributed by atoms with van der Waals surface area (Å²) in [6, 6.07) is 26.0. The standard InChI is InChI=1S/C34H35N/c1-6-8-20-33-27(5)32-19-11-12-21-34(32)35(33)30-17-13-16-29(24-30)28(14-7-2)23-22-26(4)31-18-10-9-15-25(31)3/h8-24H,4,6-7H2,1-3,5H3/b20-8-,23-22-,28-14+. The van der Waals surface area contributed by atoms with Crippen LogP contribution in [0.2, 0.25) is 0 Å². The fourth-order valence-corrected chi connectivity index (χ4v) is 4.67. The first kappa shape index (κ1) is 24.3. The molecule has 0 N–H and O–H groups in total. The van der Waals surface area contributed by atoms with Gasteiger partial charge in [-0.05, 0) is 84.4 Å². The van der Waals surface area contributed by atoms with Crippen LogP contribution in [0.1, 0.15) is 54.6 Å². The van der Waals surface area contributed by atoms with E-state index in [1.54, 1.807) is 0 Å². The summed E-state index contributed by atoms with van der Waals surface area (Å²) in [6.45, 7) is 13.0. The lowest BCUT2D eigenvalue weighted by Crippen LogP contribution is -1.98. The summed E-state index contributed by atoms with van der Waals surface area (Å²) in [5.41, 5.74) is 10.9. The van der Waals surface area contributed by atoms with Crippen LogP contribution < -0.4 is 0 Å². The normalized spacial score (nSPS) is 12.3. The molecule has 3 aromatic carbocycles. The first-order valence-electron chi connectivity index (χ1n) is 12.6. The molecule has 0 spiro atoms. The summed E-state index contributed by atoms with van der Waals surface area (Å²) in [6.07, 6.45) is 13.1. The molecule has 4 aromatic rings. The predicted molar refractivity (Wildman–Crippen MR) is 155 cm³/mol. The van der Waals surface area contributed by atoms with Gasteiger partial charge < -0.3 is 4.57 Å². The largest absolute Gasteiger partial charge is 0.310 e. The Kier molecular flexibility index (Phi) is 7.67. The Hall–Kier alpha value is -3.84. The number of aryl methyl sites for hydroxylation is 2. The SMILES string of the molecule is C=C(/C=C\C(=C/CC)c1cccc(-n2c(/C=C\CC)c(C)c3ccccc32)c1)c1ccccc1C. The van der Waals surface area contributed by atoms with Gasteiger partial charge in [-0.1, -0.05) is 99.3 Å². The summed E-state index contributed by atoms with van der Waals surface area (Å²) < 4.78 is 2.39. The van der Waals surface area contributed by atoms with Crippen molar-refractivity contribution < 1.29 is 0 Å². The summed E-state index contributed by atoms with van der Waals surface area (Å²) in [5.74, 6) is 0. The maximum Gasteiger partial charge on any atom is 0.0537 e. The predicted octanol–water partition coefficient (Wildman–Crippen LogP) is 9.73. The third-order valence-corrected chi connectivity index (χ3v) is 6.50. The lowest BCUT2D eigenvalue weighted by atomic mass is 9.98. The Morgan fingerprint density at radius 1 is 0.857 bits per heavy atom. The van der Waals surface area contributed by atoms with Gasteiger partial charge in [0, 0.05) is 16.8 Å². The zero-order valence-electron chi connectivity index (χ0n) is 21.4. The molecule has 1 nitrogen and oxygen atoms in total. The lowest BCUT2D eigenvalue weighted by molar-refractivity contribution is 1.09. The number of para-hydroxylation sites is 1. The minimum absolute atomic E-state index is 0.969. The van der Waals surface area contributed by atoms with Crippen LogP contribution in [0.3, 0.4) is 0 Å². The zero-order valence-corrected chi connectivity index (χ0v) is 21.4. The van der Waals surface area contributed by atoms with E-state index >= 15 is 0 Å². The third kappa shape index (κ3) is 5.15. The van der Waals surface area contributed by atoms with Crippen molar-refractivity contribution in [1.82, 2.24) is 4.57 Å². The first-order chi connectivity index (χ1) is 17.0. The molecular weight excluding hydrogens is 422 g/mol. The molecule has 4 rings (SSSR count). The molecule has 35 heavy (non-hydrogen) atoms. The van der Waals surface area contributed by atoms with Crippen molar-refractivity contribution in [2.45, 2.75) is 40.5 Å². The van der Waals surface area contributed by atoms with Crippen LogP contribution in [0.25, 0.3) is 33.8 Å². The number of nitrogens with zero attached hydrogens (tertiary/aromatic N) is 1. The third-order valence-electron chi connectivity index (χ3n) is 6.50. The van der Waals surface area contributed by atoms with Crippen LogP contribution in [-0.4, -0.2) is 4.57 Å². The summed E-state index contributed by atoms with van der Waals surface area (Å²) in [5, 5.41) is 1.30. The van der Waals surface area contributed by atoms with E-state index < -0.39 is 0 Å². The summed E-state index contributed by atoms with van der Waals surface area (Å²) >= 11 is 0. The molecule has 0 saturated heterocycles. The van der Waals surface area contributed by atoms with E-state index in [0.717, 1.165) is 18.4 Å². The molecule has 0 bridgehead atoms. The first-order valence-corrected chi connectivity index (χ1v) is 12.6. The Balaban J connectivity index is 1.78. The molecule has 0 unspecified atom stereocenters. The molecule has 0 aliphatic heterocycles. The fourth-order valence-electron chi connectivity index (χ4n) is 4.67. The van der Waals surface area contributed by atoms with Gasteiger partial charge in [0.2, 0.25) is 0 Å². The van der Waals surface area contributed by atoms with Gasteiger partial charge in [-0.15, -0.1) is 0 Å². The molecule has 0 fully saturated rings. The monoisotopic (exact) mass is 457 g/mol. The summed E-state index contributed by atoms with van der Waals surface area (Å²) in [4.78, 5) is 0. The molecule has 0 saturated carbocycles. The topological polar surface area (TPSA) is 4.93 Å². The number of rotatable bonds is 8. The van der Waals surface area contributed by atoms with Crippen molar-refractivity contribution in [3.05, 3.63) is 132 Å². The highest BCUT2D eigenvalue weighted by molar-refractivity contribution is 5.90. The van der Waals surface area contributed by atoms with Crippen LogP contribution in [0, 0.1) is 13.8 Å². The van der Waals surface area contributed by atoms with E-state index in [2.05, 4.69) is 142 Å². The number of allylic oxidation sites excluding steroid dienone is 6. The van der Waals surface area contributed by atoms with Crippen molar-refractivity contribution in [3.63, 3.8) is 0 Å². The van der Waals surface area contributed by atoms with Gasteiger partial charge in [-0.3, -0.25) is 0 Å². The molecule has 1 aromatic heterocycles. The van der Waals surface area contributed by atoms with Crippen molar-refractivity contribution in [2.24, 2.45) is 0 Å². The van der Waals surface area contributed by atoms with E-state index in [1.807, 2.05) is 0 Å². The quantitative estimate of drug-likeness (QED) is 0.232. The average Bonchev–Trinajstić information content (AvgIpc) is 3.17. The second-order valence-electron chi connectivity index (χ2n) is 8.96. The molecule has 176 valence electrons. The second-order valence-corrected chi connectivity index (χ2v) is 8.96. The van der Waals surface area contributed by atoms with Gasteiger partial charge in [0.05, 0.1) is 5.52 Å². The smallest absolute Gasteiger partial charge is 0.0537 e. The molecule has 1 heteroatoms. The number of hydrogen-bond acceptors (Lipinski definition) is 0. The van der Waals surface area contributed by atoms with E-state index in [4.69, 9.17) is 0 Å². The zero-order chi connectivity index (χ0) is 24.8. The molecular formula is C34H35N. The minimum atomic E-state index is 0.969. The summed E-state index contributed by atoms with van der Waals surface area (Å²) in [7, 11) is 0. The van der Waals surface area contributed by atoms with Gasteiger partial charge >= 0.3 is 0 Å². The van der Waals surface area contributed by atoms with Crippen LogP contribution >= 0.6 is 0 Å². The van der Waals surface area contributed by atoms with Crippen LogP contribution in [-0.2, 0) is 0 Å². The molecule has 0 aliphatic carbocycles.